The summed E-state index contributed by atoms with van der Waals surface area (Å²) in [6, 6.07) is 0. The highest BCUT2D eigenvalue weighted by Crippen LogP contribution is 2.35. The highest BCUT2D eigenvalue weighted by molar-refractivity contribution is 5.75. The quantitative estimate of drug-likeness (QED) is 0.345. The van der Waals surface area contributed by atoms with E-state index < -0.39 is 0 Å². The molecule has 19 heavy (non-hydrogen) atoms. The molecule has 106 valence electrons. The zero-order valence-electron chi connectivity index (χ0n) is 11.8. The van der Waals surface area contributed by atoms with Crippen LogP contribution in [0.2, 0.25) is 0 Å². The fraction of sp³-hybridized carbons (Fsp3) is 0.750. The number of hydrogen-bond acceptors (Lipinski definition) is 3. The van der Waals surface area contributed by atoms with Gasteiger partial charge >= 0.3 is 5.97 Å². The first-order valence-electron chi connectivity index (χ1n) is 7.26. The van der Waals surface area contributed by atoms with Crippen molar-refractivity contribution in [3.05, 3.63) is 0 Å². The third-order valence-electron chi connectivity index (χ3n) is 3.41. The lowest BCUT2D eigenvalue weighted by Gasteiger charge is -2.14. The molecule has 1 fully saturated rings. The number of hydrogen-bond donors (Lipinski definition) is 0. The molecule has 0 aromatic carbocycles. The van der Waals surface area contributed by atoms with Gasteiger partial charge < -0.3 is 9.53 Å². The largest absolute Gasteiger partial charge is 0.461 e. The van der Waals surface area contributed by atoms with Gasteiger partial charge in [0.15, 0.2) is 0 Å². The molecule has 0 aliphatic heterocycles. The standard InChI is InChI=1S/C16H24O3/c1-3-8-15(14-11-12-14)19-16(18)10-7-5-4-6-9-13(2)17/h1,14-15H,4-12H2,2H3/t15-/m1/s1. The van der Waals surface area contributed by atoms with Crippen LogP contribution in [0.4, 0.5) is 0 Å². The van der Waals surface area contributed by atoms with Crippen LogP contribution in [0.1, 0.15) is 64.7 Å². The van der Waals surface area contributed by atoms with E-state index in [1.54, 1.807) is 6.92 Å². The Morgan fingerprint density at radius 3 is 2.37 bits per heavy atom. The monoisotopic (exact) mass is 264 g/mol. The number of ketones is 1. The maximum absolute atomic E-state index is 11.7. The zero-order chi connectivity index (χ0) is 14.1. The summed E-state index contributed by atoms with van der Waals surface area (Å²) in [5.41, 5.74) is 0. The first-order chi connectivity index (χ1) is 9.13. The maximum Gasteiger partial charge on any atom is 0.306 e. The highest BCUT2D eigenvalue weighted by atomic mass is 16.5. The number of unbranched alkanes of at least 4 members (excludes halogenated alkanes) is 3. The normalized spacial score (nSPS) is 15.6. The molecule has 1 rings (SSSR count). The van der Waals surface area contributed by atoms with E-state index in [1.165, 1.54) is 0 Å². The number of ether oxygens (including phenoxy) is 1. The molecule has 1 aliphatic carbocycles. The molecule has 0 N–H and O–H groups in total. The van der Waals surface area contributed by atoms with Crippen LogP contribution < -0.4 is 0 Å². The summed E-state index contributed by atoms with van der Waals surface area (Å²) < 4.78 is 5.42. The summed E-state index contributed by atoms with van der Waals surface area (Å²) >= 11 is 0. The lowest BCUT2D eigenvalue weighted by molar-refractivity contribution is -0.150. The van der Waals surface area contributed by atoms with Gasteiger partial charge in [-0.2, -0.15) is 0 Å². The maximum atomic E-state index is 11.7. The molecule has 0 saturated heterocycles. The van der Waals surface area contributed by atoms with Crippen molar-refractivity contribution in [2.24, 2.45) is 5.92 Å². The Balaban J connectivity index is 2.04. The molecule has 0 bridgehead atoms. The van der Waals surface area contributed by atoms with Gasteiger partial charge in [0.05, 0.1) is 0 Å². The summed E-state index contributed by atoms with van der Waals surface area (Å²) in [5.74, 6) is 3.19. The van der Waals surface area contributed by atoms with Crippen molar-refractivity contribution in [1.82, 2.24) is 0 Å². The van der Waals surface area contributed by atoms with Crippen molar-refractivity contribution in [3.8, 4) is 12.3 Å². The highest BCUT2D eigenvalue weighted by Gasteiger charge is 2.33. The molecule has 0 unspecified atom stereocenters. The van der Waals surface area contributed by atoms with Gasteiger partial charge in [-0.1, -0.05) is 12.8 Å². The van der Waals surface area contributed by atoms with E-state index in [9.17, 15) is 9.59 Å². The number of carbonyl (C=O) groups excluding carboxylic acids is 2. The van der Waals surface area contributed by atoms with Crippen molar-refractivity contribution in [1.29, 1.82) is 0 Å². The van der Waals surface area contributed by atoms with Crippen LogP contribution in [0, 0.1) is 18.3 Å². The van der Waals surface area contributed by atoms with Crippen molar-refractivity contribution in [3.63, 3.8) is 0 Å². The van der Waals surface area contributed by atoms with E-state index in [0.717, 1.165) is 38.5 Å². The average Bonchev–Trinajstić information content (AvgIpc) is 3.17. The van der Waals surface area contributed by atoms with E-state index in [0.29, 0.717) is 25.2 Å². The molecule has 3 heteroatoms. The first-order valence-corrected chi connectivity index (χ1v) is 7.26. The molecule has 0 spiro atoms. The topological polar surface area (TPSA) is 43.4 Å². The molecule has 3 nitrogen and oxygen atoms in total. The second-order valence-electron chi connectivity index (χ2n) is 5.39. The van der Waals surface area contributed by atoms with Gasteiger partial charge in [-0.05, 0) is 38.5 Å². The molecule has 0 radical (unpaired) electrons. The van der Waals surface area contributed by atoms with Crippen LogP contribution in [-0.4, -0.2) is 17.9 Å². The first kappa shape index (κ1) is 15.8. The van der Waals surface area contributed by atoms with E-state index in [4.69, 9.17) is 11.2 Å². The lowest BCUT2D eigenvalue weighted by atomic mass is 10.1. The van der Waals surface area contributed by atoms with Gasteiger partial charge in [-0.25, -0.2) is 0 Å². The molecule has 0 aromatic rings. The zero-order valence-corrected chi connectivity index (χ0v) is 11.8. The molecule has 1 aliphatic rings. The van der Waals surface area contributed by atoms with Gasteiger partial charge in [0, 0.05) is 19.3 Å². The van der Waals surface area contributed by atoms with Crippen LogP contribution in [0.3, 0.4) is 0 Å². The lowest BCUT2D eigenvalue weighted by Crippen LogP contribution is -2.19. The molecular formula is C16H24O3. The Hall–Kier alpha value is -1.30. The Morgan fingerprint density at radius 2 is 1.84 bits per heavy atom. The third-order valence-corrected chi connectivity index (χ3v) is 3.41. The molecule has 1 saturated carbocycles. The van der Waals surface area contributed by atoms with Gasteiger partial charge in [0.25, 0.3) is 0 Å². The Bertz CT molecular complexity index is 336. The van der Waals surface area contributed by atoms with Crippen LogP contribution in [0.5, 0.6) is 0 Å². The van der Waals surface area contributed by atoms with E-state index >= 15 is 0 Å². The summed E-state index contributed by atoms with van der Waals surface area (Å²) in [5, 5.41) is 0. The van der Waals surface area contributed by atoms with Crippen molar-refractivity contribution in [2.45, 2.75) is 70.8 Å². The van der Waals surface area contributed by atoms with E-state index in [1.807, 2.05) is 0 Å². The van der Waals surface area contributed by atoms with Crippen molar-refractivity contribution < 1.29 is 14.3 Å². The van der Waals surface area contributed by atoms with E-state index in [2.05, 4.69) is 5.92 Å². The summed E-state index contributed by atoms with van der Waals surface area (Å²) in [4.78, 5) is 22.4. The van der Waals surface area contributed by atoms with E-state index in [-0.39, 0.29) is 17.9 Å². The van der Waals surface area contributed by atoms with Gasteiger partial charge in [-0.3, -0.25) is 4.79 Å². The predicted molar refractivity (Wildman–Crippen MR) is 74.4 cm³/mol. The van der Waals surface area contributed by atoms with Gasteiger partial charge in [0.1, 0.15) is 11.9 Å². The number of terminal acetylenes is 1. The molecule has 1 atom stereocenters. The molecule has 0 heterocycles. The summed E-state index contributed by atoms with van der Waals surface area (Å²) in [6.07, 6.45) is 12.9. The smallest absolute Gasteiger partial charge is 0.306 e. The number of esters is 1. The summed E-state index contributed by atoms with van der Waals surface area (Å²) in [7, 11) is 0. The number of Topliss-reactive ketones (excluding diaryl/α,β-unsaturated/α-hetero) is 1. The van der Waals surface area contributed by atoms with Crippen LogP contribution in [0.25, 0.3) is 0 Å². The fourth-order valence-corrected chi connectivity index (χ4v) is 2.11. The third kappa shape index (κ3) is 7.66. The molecule has 0 aromatic heterocycles. The van der Waals surface area contributed by atoms with Crippen LogP contribution in [-0.2, 0) is 14.3 Å². The number of carbonyl (C=O) groups is 2. The minimum atomic E-state index is -0.126. The predicted octanol–water partition coefficient (Wildman–Crippen LogP) is 3.26. The van der Waals surface area contributed by atoms with Gasteiger partial charge in [0.2, 0.25) is 0 Å². The Kier molecular flexibility index (Phi) is 7.25. The van der Waals surface area contributed by atoms with Crippen LogP contribution in [0.15, 0.2) is 0 Å². The average molecular weight is 264 g/mol. The Morgan fingerprint density at radius 1 is 1.21 bits per heavy atom. The minimum Gasteiger partial charge on any atom is -0.461 e. The Labute approximate surface area is 116 Å². The summed E-state index contributed by atoms with van der Waals surface area (Å²) in [6.45, 7) is 1.61. The number of rotatable bonds is 10. The molecule has 0 amide bonds. The minimum absolute atomic E-state index is 0.0600. The van der Waals surface area contributed by atoms with Crippen molar-refractivity contribution >= 4 is 11.8 Å². The second-order valence-corrected chi connectivity index (χ2v) is 5.39. The van der Waals surface area contributed by atoms with Crippen molar-refractivity contribution in [2.75, 3.05) is 0 Å². The fourth-order valence-electron chi connectivity index (χ4n) is 2.11. The van der Waals surface area contributed by atoms with Crippen LogP contribution >= 0.6 is 0 Å². The SMILES string of the molecule is C#CC[C@@H](OC(=O)CCCCCCC(C)=O)C1CC1. The second kappa shape index (κ2) is 8.74. The molecular weight excluding hydrogens is 240 g/mol. The van der Waals surface area contributed by atoms with Gasteiger partial charge in [-0.15, -0.1) is 12.3 Å².